The van der Waals surface area contributed by atoms with E-state index in [9.17, 15) is 0 Å². The summed E-state index contributed by atoms with van der Waals surface area (Å²) in [5.74, 6) is 1.54. The van der Waals surface area contributed by atoms with Crippen molar-refractivity contribution < 1.29 is 4.52 Å². The number of aryl methyl sites for hydroxylation is 1. The smallest absolute Gasteiger partial charge is 0.228 e. The fraction of sp³-hybridized carbons (Fsp3) is 0.462. The van der Waals surface area contributed by atoms with Crippen molar-refractivity contribution in [1.29, 1.82) is 0 Å². The first-order chi connectivity index (χ1) is 8.58. The Bertz CT molecular complexity index is 521. The van der Waals surface area contributed by atoms with Gasteiger partial charge in [-0.25, -0.2) is 0 Å². The molecule has 1 unspecified atom stereocenters. The lowest BCUT2D eigenvalue weighted by atomic mass is 10.0. The Balaban J connectivity index is 2.18. The molecule has 2 rings (SSSR count). The summed E-state index contributed by atoms with van der Waals surface area (Å²) in [4.78, 5) is 8.44. The Hall–Kier alpha value is -1.75. The van der Waals surface area contributed by atoms with Crippen molar-refractivity contribution in [2.45, 2.75) is 33.2 Å². The molecule has 1 atom stereocenters. The van der Waals surface area contributed by atoms with E-state index in [-0.39, 0.29) is 6.04 Å². The topological polar surface area (TPSA) is 77.8 Å². The molecular formula is C13H18N4O. The van der Waals surface area contributed by atoms with E-state index in [1.807, 2.05) is 13.0 Å². The fourth-order valence-electron chi connectivity index (χ4n) is 1.58. The molecule has 0 spiro atoms. The van der Waals surface area contributed by atoms with E-state index in [1.165, 1.54) is 0 Å². The average Bonchev–Trinajstić information content (AvgIpc) is 2.77. The molecule has 0 aromatic carbocycles. The quantitative estimate of drug-likeness (QED) is 0.892. The minimum Gasteiger partial charge on any atom is -0.339 e. The standard InChI is InChI=1S/C13H18N4O/c1-8(2)11(14)6-12-16-13(17-18-12)10-7-15-5-4-9(10)3/h4-5,7-8,11H,6,14H2,1-3H3. The Morgan fingerprint density at radius 3 is 2.83 bits per heavy atom. The number of aromatic nitrogens is 3. The van der Waals surface area contributed by atoms with Crippen LogP contribution in [0.1, 0.15) is 25.3 Å². The van der Waals surface area contributed by atoms with Gasteiger partial charge in [-0.2, -0.15) is 4.98 Å². The summed E-state index contributed by atoms with van der Waals surface area (Å²) >= 11 is 0. The van der Waals surface area contributed by atoms with Crippen LogP contribution in [0.15, 0.2) is 23.0 Å². The van der Waals surface area contributed by atoms with E-state index in [0.717, 1.165) is 11.1 Å². The summed E-state index contributed by atoms with van der Waals surface area (Å²) in [6, 6.07) is 1.96. The molecule has 5 nitrogen and oxygen atoms in total. The van der Waals surface area contributed by atoms with E-state index < -0.39 is 0 Å². The first kappa shape index (κ1) is 12.7. The second-order valence-corrected chi connectivity index (χ2v) is 4.81. The highest BCUT2D eigenvalue weighted by Gasteiger charge is 2.15. The molecule has 96 valence electrons. The number of hydrogen-bond acceptors (Lipinski definition) is 5. The van der Waals surface area contributed by atoms with Gasteiger partial charge in [0, 0.05) is 30.4 Å². The van der Waals surface area contributed by atoms with Gasteiger partial charge in [-0.3, -0.25) is 4.98 Å². The van der Waals surface area contributed by atoms with Gasteiger partial charge in [0.25, 0.3) is 0 Å². The van der Waals surface area contributed by atoms with Crippen molar-refractivity contribution in [2.75, 3.05) is 0 Å². The third-order valence-electron chi connectivity index (χ3n) is 3.01. The van der Waals surface area contributed by atoms with Crippen LogP contribution in [0.25, 0.3) is 11.4 Å². The summed E-state index contributed by atoms with van der Waals surface area (Å²) < 4.78 is 5.23. The molecule has 2 aromatic rings. The second kappa shape index (κ2) is 5.27. The predicted molar refractivity (Wildman–Crippen MR) is 68.8 cm³/mol. The van der Waals surface area contributed by atoms with Crippen LogP contribution in [0.4, 0.5) is 0 Å². The van der Waals surface area contributed by atoms with E-state index >= 15 is 0 Å². The lowest BCUT2D eigenvalue weighted by molar-refractivity contribution is 0.353. The zero-order valence-corrected chi connectivity index (χ0v) is 10.9. The molecule has 0 fully saturated rings. The molecule has 0 aliphatic heterocycles. The normalized spacial score (nSPS) is 12.9. The van der Waals surface area contributed by atoms with Gasteiger partial charge in [0.15, 0.2) is 0 Å². The lowest BCUT2D eigenvalue weighted by Crippen LogP contribution is -2.28. The van der Waals surface area contributed by atoms with Gasteiger partial charge in [0.1, 0.15) is 0 Å². The van der Waals surface area contributed by atoms with Gasteiger partial charge < -0.3 is 10.3 Å². The molecule has 18 heavy (non-hydrogen) atoms. The Labute approximate surface area is 106 Å². The molecule has 2 heterocycles. The Morgan fingerprint density at radius 1 is 1.39 bits per heavy atom. The Kier molecular flexibility index (Phi) is 3.72. The third-order valence-corrected chi connectivity index (χ3v) is 3.01. The molecule has 0 bridgehead atoms. The van der Waals surface area contributed by atoms with Crippen molar-refractivity contribution >= 4 is 0 Å². The van der Waals surface area contributed by atoms with Crippen molar-refractivity contribution in [3.05, 3.63) is 29.9 Å². The van der Waals surface area contributed by atoms with Crippen LogP contribution in [-0.4, -0.2) is 21.2 Å². The molecule has 0 amide bonds. The minimum absolute atomic E-state index is 0.0355. The summed E-state index contributed by atoms with van der Waals surface area (Å²) in [6.45, 7) is 6.15. The zero-order valence-electron chi connectivity index (χ0n) is 10.9. The highest BCUT2D eigenvalue weighted by Crippen LogP contribution is 2.19. The van der Waals surface area contributed by atoms with Crippen LogP contribution in [-0.2, 0) is 6.42 Å². The zero-order chi connectivity index (χ0) is 13.1. The van der Waals surface area contributed by atoms with E-state index in [4.69, 9.17) is 10.3 Å². The van der Waals surface area contributed by atoms with Gasteiger partial charge in [-0.15, -0.1) is 0 Å². The highest BCUT2D eigenvalue weighted by molar-refractivity contribution is 5.57. The third kappa shape index (κ3) is 2.73. The number of nitrogens with zero attached hydrogens (tertiary/aromatic N) is 3. The van der Waals surface area contributed by atoms with E-state index in [2.05, 4.69) is 29.0 Å². The molecule has 5 heteroatoms. The van der Waals surface area contributed by atoms with Gasteiger partial charge in [0.2, 0.25) is 11.7 Å². The number of hydrogen-bond donors (Lipinski definition) is 1. The van der Waals surface area contributed by atoms with Crippen LogP contribution in [0.5, 0.6) is 0 Å². The van der Waals surface area contributed by atoms with Crippen LogP contribution < -0.4 is 5.73 Å². The van der Waals surface area contributed by atoms with Crippen molar-refractivity contribution in [2.24, 2.45) is 11.7 Å². The summed E-state index contributed by atoms with van der Waals surface area (Å²) in [7, 11) is 0. The van der Waals surface area contributed by atoms with Crippen molar-refractivity contribution in [3.8, 4) is 11.4 Å². The number of nitrogens with two attached hydrogens (primary N) is 1. The second-order valence-electron chi connectivity index (χ2n) is 4.81. The molecule has 0 saturated carbocycles. The first-order valence-corrected chi connectivity index (χ1v) is 6.07. The van der Waals surface area contributed by atoms with Gasteiger partial charge >= 0.3 is 0 Å². The molecule has 2 aromatic heterocycles. The van der Waals surface area contributed by atoms with Crippen LogP contribution >= 0.6 is 0 Å². The summed E-state index contributed by atoms with van der Waals surface area (Å²) in [6.07, 6.45) is 4.09. The lowest BCUT2D eigenvalue weighted by Gasteiger charge is -2.11. The fourth-order valence-corrected chi connectivity index (χ4v) is 1.58. The summed E-state index contributed by atoms with van der Waals surface area (Å²) in [5, 5.41) is 3.98. The van der Waals surface area contributed by atoms with Gasteiger partial charge in [-0.1, -0.05) is 19.0 Å². The first-order valence-electron chi connectivity index (χ1n) is 6.07. The molecule has 0 aliphatic rings. The van der Waals surface area contributed by atoms with Crippen LogP contribution in [0.2, 0.25) is 0 Å². The summed E-state index contributed by atoms with van der Waals surface area (Å²) in [5.41, 5.74) is 7.95. The number of rotatable bonds is 4. The largest absolute Gasteiger partial charge is 0.339 e. The predicted octanol–water partition coefficient (Wildman–Crippen LogP) is 1.97. The van der Waals surface area contributed by atoms with Crippen molar-refractivity contribution in [1.82, 2.24) is 15.1 Å². The molecule has 0 aliphatic carbocycles. The highest BCUT2D eigenvalue weighted by atomic mass is 16.5. The number of pyridine rings is 1. The van der Waals surface area contributed by atoms with Gasteiger partial charge in [-0.05, 0) is 24.5 Å². The van der Waals surface area contributed by atoms with E-state index in [1.54, 1.807) is 12.4 Å². The molecular weight excluding hydrogens is 228 g/mol. The molecule has 0 saturated heterocycles. The maximum absolute atomic E-state index is 5.99. The van der Waals surface area contributed by atoms with Crippen LogP contribution in [0.3, 0.4) is 0 Å². The SMILES string of the molecule is Cc1ccncc1-c1noc(CC(N)C(C)C)n1. The minimum atomic E-state index is 0.0355. The van der Waals surface area contributed by atoms with E-state index in [0.29, 0.717) is 24.1 Å². The average molecular weight is 246 g/mol. The molecule has 0 radical (unpaired) electrons. The Morgan fingerprint density at radius 2 is 2.17 bits per heavy atom. The van der Waals surface area contributed by atoms with Crippen molar-refractivity contribution in [3.63, 3.8) is 0 Å². The molecule has 2 N–H and O–H groups in total. The maximum Gasteiger partial charge on any atom is 0.228 e. The van der Waals surface area contributed by atoms with Crippen LogP contribution in [0, 0.1) is 12.8 Å². The van der Waals surface area contributed by atoms with Gasteiger partial charge in [0.05, 0.1) is 0 Å². The monoisotopic (exact) mass is 246 g/mol. The maximum atomic E-state index is 5.99.